The van der Waals surface area contributed by atoms with Crippen LogP contribution in [0.5, 0.6) is 0 Å². The lowest BCUT2D eigenvalue weighted by Crippen LogP contribution is -2.65. The maximum absolute atomic E-state index is 11.9. The molecule has 34 atom stereocenters. The predicted octanol–water partition coefficient (Wildman–Crippen LogP) is -2.47. The summed E-state index contributed by atoms with van der Waals surface area (Å²) >= 11 is 0. The van der Waals surface area contributed by atoms with Gasteiger partial charge in [0.1, 0.15) is 122 Å². The summed E-state index contributed by atoms with van der Waals surface area (Å²) in [7, 11) is 0. The molecular weight excluding hydrogens is 1180 g/mol. The molecule has 3 saturated carbocycles. The Hall–Kier alpha value is -1.34. The summed E-state index contributed by atoms with van der Waals surface area (Å²) in [6.45, 7) is 16.7. The van der Waals surface area contributed by atoms with Crippen molar-refractivity contribution in [3.8, 4) is 0 Å². The second-order valence-corrected chi connectivity index (χ2v) is 29.4. The second kappa shape index (κ2) is 28.4. The summed E-state index contributed by atoms with van der Waals surface area (Å²) in [4.78, 5) is 0. The van der Waals surface area contributed by atoms with Crippen molar-refractivity contribution in [2.75, 3.05) is 33.0 Å². The lowest BCUT2D eigenvalue weighted by atomic mass is 9.39. The molecule has 27 heteroatoms. The monoisotopic (exact) mass is 1280 g/mol. The minimum Gasteiger partial charge on any atom is -0.394 e. The van der Waals surface area contributed by atoms with Crippen LogP contribution >= 0.6 is 0 Å². The first-order valence-electron chi connectivity index (χ1n) is 31.7. The van der Waals surface area contributed by atoms with E-state index >= 15 is 0 Å². The third-order valence-corrected chi connectivity index (χ3v) is 23.0. The molecule has 9 aliphatic rings. The number of hydrogen-bond acceptors (Lipinski definition) is 27. The summed E-state index contributed by atoms with van der Waals surface area (Å²) < 4.78 is 60.1. The van der Waals surface area contributed by atoms with Gasteiger partial charge in [-0.25, -0.2) is 0 Å². The Labute approximate surface area is 521 Å². The molecule has 4 aliphatic carbocycles. The zero-order valence-electron chi connectivity index (χ0n) is 52.1. The molecule has 89 heavy (non-hydrogen) atoms. The first-order valence-corrected chi connectivity index (χ1v) is 31.7. The van der Waals surface area contributed by atoms with Crippen LogP contribution in [-0.4, -0.2) is 286 Å². The number of aliphatic hydroxyl groups excluding tert-OH is 17. The molecule has 0 aromatic carbocycles. The van der Waals surface area contributed by atoms with Crippen molar-refractivity contribution in [3.05, 3.63) is 11.6 Å². The smallest absolute Gasteiger partial charge is 0.187 e. The van der Waals surface area contributed by atoms with Gasteiger partial charge in [-0.05, 0) is 103 Å². The van der Waals surface area contributed by atoms with Gasteiger partial charge in [-0.2, -0.15) is 0 Å². The molecule has 5 aliphatic heterocycles. The van der Waals surface area contributed by atoms with E-state index in [1.807, 2.05) is 20.8 Å². The molecule has 28 unspecified atom stereocenters. The zero-order valence-corrected chi connectivity index (χ0v) is 52.1. The molecule has 8 fully saturated rings. The van der Waals surface area contributed by atoms with Gasteiger partial charge >= 0.3 is 0 Å². The fraction of sp³-hybridized carbons (Fsp3) is 0.968. The Balaban J connectivity index is 0.0000102. The summed E-state index contributed by atoms with van der Waals surface area (Å²) in [5.41, 5.74) is -0.0202. The van der Waals surface area contributed by atoms with E-state index in [4.69, 9.17) is 47.4 Å². The van der Waals surface area contributed by atoms with Crippen LogP contribution in [0.15, 0.2) is 11.6 Å². The Morgan fingerprint density at radius 2 is 0.933 bits per heavy atom. The third-order valence-electron chi connectivity index (χ3n) is 23.0. The predicted molar refractivity (Wildman–Crippen MR) is 309 cm³/mol. The highest BCUT2D eigenvalue weighted by atomic mass is 16.8. The summed E-state index contributed by atoms with van der Waals surface area (Å²) in [5, 5.41) is 181. The summed E-state index contributed by atoms with van der Waals surface area (Å²) in [6.07, 6.45) is -31.4. The molecule has 518 valence electrons. The van der Waals surface area contributed by atoms with Gasteiger partial charge in [0.2, 0.25) is 0 Å². The molecule has 0 aromatic rings. The van der Waals surface area contributed by atoms with Crippen molar-refractivity contribution < 1.29 is 134 Å². The highest BCUT2D eigenvalue weighted by molar-refractivity contribution is 5.30. The minimum atomic E-state index is -1.88. The number of aliphatic hydroxyl groups is 17. The van der Waals surface area contributed by atoms with Crippen molar-refractivity contribution in [3.63, 3.8) is 0 Å². The van der Waals surface area contributed by atoms with E-state index in [-0.39, 0.29) is 35.5 Å². The number of hydrogen-bond donors (Lipinski definition) is 17. The van der Waals surface area contributed by atoms with Crippen LogP contribution in [0, 0.1) is 50.7 Å². The van der Waals surface area contributed by atoms with E-state index < -0.39 is 210 Å². The molecule has 27 nitrogen and oxygen atoms in total. The first kappa shape index (κ1) is 73.5. The van der Waals surface area contributed by atoms with Crippen LogP contribution in [-0.2, 0) is 47.4 Å². The first-order chi connectivity index (χ1) is 41.2. The minimum absolute atomic E-state index is 0. The zero-order chi connectivity index (χ0) is 64.7. The van der Waals surface area contributed by atoms with Crippen LogP contribution in [0.25, 0.3) is 0 Å². The van der Waals surface area contributed by atoms with E-state index in [1.165, 1.54) is 5.57 Å². The molecule has 5 heterocycles. The quantitative estimate of drug-likeness (QED) is 0.0596. The average Bonchev–Trinajstić information content (AvgIpc) is 1.68. The largest absolute Gasteiger partial charge is 0.394 e. The van der Waals surface area contributed by atoms with Crippen molar-refractivity contribution in [1.29, 1.82) is 0 Å². The van der Waals surface area contributed by atoms with E-state index in [9.17, 15) is 86.8 Å². The van der Waals surface area contributed by atoms with E-state index in [0.717, 1.165) is 38.5 Å². The van der Waals surface area contributed by atoms with Crippen molar-refractivity contribution in [2.24, 2.45) is 50.7 Å². The number of fused-ring (bicyclic) bond motifs is 5. The molecule has 0 aromatic heterocycles. The van der Waals surface area contributed by atoms with E-state index in [0.29, 0.717) is 31.1 Å². The second-order valence-electron chi connectivity index (χ2n) is 29.4. The molecular formula is C62H108O27. The summed E-state index contributed by atoms with van der Waals surface area (Å²) in [6, 6.07) is 0. The molecule has 0 amide bonds. The standard InChI is InChI=1S/C61H104O27.CH4/c1-25(10-14-35(57(2,3)4)86-56-51(88-55-50(78)44(72)39(67)31(22-64)83-55)46(74)41(69)33(85-56)24-80-53-48(76)43(71)38(66)30(21-63)82-53)26-16-17-61(9)34-13-11-27-28(59(34,7)18-19-60(26,61)8)12-15-36(58(27,5)6)87-54-49(77)45(73)40(68)32(84-54)23-79-52-47(75)42(70)37(65)29(20-62)81-52;/h11,25-26,28-56,62-78H,10,12-24H2,1-9H3;1H4/t25-,26-,28?,29?,30?,31?,32?,33?,34?,35?,36+,37?,38?,39?,40?,41?,42?,43?,44?,45?,46?,47?,48?,49?,50?,51?,52?,53?,54?,55?,56?,59+,60-,61+;/m1./s1. The van der Waals surface area contributed by atoms with E-state index in [1.54, 1.807) is 0 Å². The molecule has 0 radical (unpaired) electrons. The number of allylic oxidation sites excluding steroid dienone is 1. The van der Waals surface area contributed by atoms with Gasteiger partial charge in [-0.1, -0.05) is 81.4 Å². The number of rotatable bonds is 19. The van der Waals surface area contributed by atoms with Crippen LogP contribution in [0.4, 0.5) is 0 Å². The number of ether oxygens (including phenoxy) is 10. The highest BCUT2D eigenvalue weighted by Crippen LogP contribution is 2.75. The van der Waals surface area contributed by atoms with Gasteiger partial charge in [0.15, 0.2) is 31.5 Å². The van der Waals surface area contributed by atoms with E-state index in [2.05, 4.69) is 47.6 Å². The van der Waals surface area contributed by atoms with Gasteiger partial charge in [-0.3, -0.25) is 0 Å². The molecule has 0 bridgehead atoms. The molecule has 17 N–H and O–H groups in total. The van der Waals surface area contributed by atoms with Crippen LogP contribution in [0.1, 0.15) is 128 Å². The van der Waals surface area contributed by atoms with Crippen LogP contribution in [0.3, 0.4) is 0 Å². The molecule has 5 saturated heterocycles. The SMILES string of the molecule is C.C[C@H](CCC(OC1OC(COC2OC(CO)C(O)C(O)C2O)C(O)C(O)C1OC1OC(CO)C(O)C(O)C1O)C(C)(C)C)[C@H]1CC[C@@]2(C)C3CC=C4C(CC[C@H](OC5OC(COC6OC(CO)C(O)C(O)C6O)C(O)C(O)C5O)C4(C)C)[C@]3(C)CC[C@]12C. The Morgan fingerprint density at radius 3 is 1.43 bits per heavy atom. The lowest BCUT2D eigenvalue weighted by molar-refractivity contribution is -0.379. The maximum atomic E-state index is 11.9. The Morgan fingerprint density at radius 1 is 0.494 bits per heavy atom. The topological polar surface area (TPSA) is 436 Å². The summed E-state index contributed by atoms with van der Waals surface area (Å²) in [5.74, 6) is 1.09. The van der Waals surface area contributed by atoms with Crippen molar-refractivity contribution in [2.45, 2.75) is 293 Å². The van der Waals surface area contributed by atoms with Crippen LogP contribution < -0.4 is 0 Å². The van der Waals surface area contributed by atoms with Crippen molar-refractivity contribution in [1.82, 2.24) is 0 Å². The van der Waals surface area contributed by atoms with Gasteiger partial charge in [0.25, 0.3) is 0 Å². The Kier molecular flexibility index (Phi) is 23.4. The lowest BCUT2D eigenvalue weighted by Gasteiger charge is -2.66. The van der Waals surface area contributed by atoms with Gasteiger partial charge < -0.3 is 134 Å². The highest BCUT2D eigenvalue weighted by Gasteiger charge is 2.68. The Bertz CT molecular complexity index is 2310. The molecule has 0 spiro atoms. The van der Waals surface area contributed by atoms with Gasteiger partial charge in [0.05, 0.1) is 45.2 Å². The van der Waals surface area contributed by atoms with Crippen molar-refractivity contribution >= 4 is 0 Å². The van der Waals surface area contributed by atoms with Gasteiger partial charge in [0, 0.05) is 5.41 Å². The normalized spacial score (nSPS) is 50.8. The average molecular weight is 1290 g/mol. The van der Waals surface area contributed by atoms with Crippen LogP contribution in [0.2, 0.25) is 0 Å². The van der Waals surface area contributed by atoms with Gasteiger partial charge in [-0.15, -0.1) is 0 Å². The maximum Gasteiger partial charge on any atom is 0.187 e. The third kappa shape index (κ3) is 13.6. The molecule has 9 rings (SSSR count). The fourth-order valence-corrected chi connectivity index (χ4v) is 17.1. The fourth-order valence-electron chi connectivity index (χ4n) is 17.1.